The molecule has 6 nitrogen and oxygen atoms in total. The lowest BCUT2D eigenvalue weighted by Gasteiger charge is -2.13. The molecular formula is C26H18Cl2N2O4S2. The number of amides is 2. The number of nitrogens with zero attached hydrogens (tertiary/aromatic N) is 2. The SMILES string of the molecule is Cc1ccc(S(=O)(=O)n2cc(/C=C3\SC(=O)N(Cc4ccc(Cl)cc4Cl)C3=O)c3ccccc32)cc1. The summed E-state index contributed by atoms with van der Waals surface area (Å²) in [5.41, 5.74) is 2.51. The molecule has 1 aliphatic heterocycles. The molecule has 10 heteroatoms. The van der Waals surface area contributed by atoms with Gasteiger partial charge in [-0.2, -0.15) is 0 Å². The van der Waals surface area contributed by atoms with Crippen molar-refractivity contribution in [2.45, 2.75) is 18.4 Å². The number of fused-ring (bicyclic) bond motifs is 1. The number of carbonyl (C=O) groups is 2. The van der Waals surface area contributed by atoms with Gasteiger partial charge < -0.3 is 0 Å². The zero-order valence-electron chi connectivity index (χ0n) is 18.8. The largest absolute Gasteiger partial charge is 0.293 e. The maximum Gasteiger partial charge on any atom is 0.293 e. The molecule has 0 aliphatic carbocycles. The molecule has 1 aliphatic rings. The Labute approximate surface area is 222 Å². The first kappa shape index (κ1) is 24.6. The van der Waals surface area contributed by atoms with E-state index in [2.05, 4.69) is 0 Å². The average molecular weight is 557 g/mol. The van der Waals surface area contributed by atoms with Crippen molar-refractivity contribution in [3.05, 3.63) is 105 Å². The molecule has 1 fully saturated rings. The predicted octanol–water partition coefficient (Wildman–Crippen LogP) is 6.73. The molecule has 2 amide bonds. The maximum absolute atomic E-state index is 13.4. The first-order valence-corrected chi connectivity index (χ1v) is 13.8. The number of imide groups is 1. The number of thioether (sulfide) groups is 1. The van der Waals surface area contributed by atoms with Crippen LogP contribution in [-0.4, -0.2) is 28.4 Å². The maximum atomic E-state index is 13.4. The van der Waals surface area contributed by atoms with Crippen LogP contribution in [0.5, 0.6) is 0 Å². The van der Waals surface area contributed by atoms with Crippen molar-refractivity contribution in [3.63, 3.8) is 0 Å². The van der Waals surface area contributed by atoms with Crippen LogP contribution >= 0.6 is 35.0 Å². The van der Waals surface area contributed by atoms with Crippen LogP contribution < -0.4 is 0 Å². The van der Waals surface area contributed by atoms with Crippen molar-refractivity contribution < 1.29 is 18.0 Å². The lowest BCUT2D eigenvalue weighted by Crippen LogP contribution is -2.27. The van der Waals surface area contributed by atoms with Gasteiger partial charge in [-0.1, -0.05) is 65.2 Å². The summed E-state index contributed by atoms with van der Waals surface area (Å²) in [6.07, 6.45) is 3.03. The number of rotatable bonds is 5. The Hall–Kier alpha value is -3.04. The minimum absolute atomic E-state index is 0.00156. The third kappa shape index (κ3) is 4.46. The molecule has 36 heavy (non-hydrogen) atoms. The molecule has 0 saturated carbocycles. The summed E-state index contributed by atoms with van der Waals surface area (Å²) in [4.78, 5) is 27.2. The van der Waals surface area contributed by atoms with Gasteiger partial charge in [0, 0.05) is 27.2 Å². The first-order chi connectivity index (χ1) is 17.1. The Balaban J connectivity index is 1.53. The van der Waals surface area contributed by atoms with Gasteiger partial charge >= 0.3 is 0 Å². The van der Waals surface area contributed by atoms with E-state index in [1.54, 1.807) is 72.8 Å². The summed E-state index contributed by atoms with van der Waals surface area (Å²) in [6, 6.07) is 18.5. The van der Waals surface area contributed by atoms with E-state index in [0.717, 1.165) is 22.2 Å². The summed E-state index contributed by atoms with van der Waals surface area (Å²) in [5, 5.41) is 1.01. The number of aryl methyl sites for hydroxylation is 1. The summed E-state index contributed by atoms with van der Waals surface area (Å²) < 4.78 is 28.1. The highest BCUT2D eigenvalue weighted by Gasteiger charge is 2.35. The normalized spacial score (nSPS) is 15.4. The van der Waals surface area contributed by atoms with Gasteiger partial charge in [-0.3, -0.25) is 14.5 Å². The molecule has 5 rings (SSSR count). The molecule has 0 N–H and O–H groups in total. The van der Waals surface area contributed by atoms with Gasteiger partial charge in [0.2, 0.25) is 0 Å². The van der Waals surface area contributed by atoms with Gasteiger partial charge in [0.05, 0.1) is 21.9 Å². The molecule has 0 spiro atoms. The number of benzene rings is 3. The number of hydrogen-bond donors (Lipinski definition) is 0. The van der Waals surface area contributed by atoms with Crippen molar-refractivity contribution in [2.24, 2.45) is 0 Å². The van der Waals surface area contributed by atoms with E-state index in [9.17, 15) is 18.0 Å². The highest BCUT2D eigenvalue weighted by Crippen LogP contribution is 2.36. The lowest BCUT2D eigenvalue weighted by atomic mass is 10.1. The molecule has 0 unspecified atom stereocenters. The molecular weight excluding hydrogens is 539 g/mol. The van der Waals surface area contributed by atoms with Gasteiger partial charge in [0.1, 0.15) is 0 Å². The molecule has 2 heterocycles. The van der Waals surface area contributed by atoms with Crippen molar-refractivity contribution in [2.75, 3.05) is 0 Å². The van der Waals surface area contributed by atoms with Gasteiger partial charge in [-0.05, 0) is 60.7 Å². The Kier molecular flexibility index (Phi) is 6.46. The summed E-state index contributed by atoms with van der Waals surface area (Å²) in [6.45, 7) is 1.88. The van der Waals surface area contributed by atoms with E-state index in [1.807, 2.05) is 6.92 Å². The molecule has 1 saturated heterocycles. The van der Waals surface area contributed by atoms with Gasteiger partial charge in [0.25, 0.3) is 21.2 Å². The average Bonchev–Trinajstić information content (AvgIpc) is 3.34. The second kappa shape index (κ2) is 9.44. The van der Waals surface area contributed by atoms with Crippen LogP contribution in [0.3, 0.4) is 0 Å². The van der Waals surface area contributed by atoms with E-state index in [0.29, 0.717) is 32.1 Å². The predicted molar refractivity (Wildman–Crippen MR) is 144 cm³/mol. The van der Waals surface area contributed by atoms with E-state index >= 15 is 0 Å². The van der Waals surface area contributed by atoms with Crippen LogP contribution in [0.15, 0.2) is 82.7 Å². The Morgan fingerprint density at radius 3 is 2.42 bits per heavy atom. The summed E-state index contributed by atoms with van der Waals surface area (Å²) >= 11 is 13.0. The summed E-state index contributed by atoms with van der Waals surface area (Å²) in [7, 11) is -3.89. The second-order valence-electron chi connectivity index (χ2n) is 8.22. The molecule has 0 radical (unpaired) electrons. The Morgan fingerprint density at radius 1 is 0.972 bits per heavy atom. The smallest absolute Gasteiger partial charge is 0.268 e. The quantitative estimate of drug-likeness (QED) is 0.255. The lowest BCUT2D eigenvalue weighted by molar-refractivity contribution is -0.123. The van der Waals surface area contributed by atoms with Gasteiger partial charge in [-0.25, -0.2) is 12.4 Å². The van der Waals surface area contributed by atoms with E-state index in [-0.39, 0.29) is 16.3 Å². The van der Waals surface area contributed by atoms with Crippen molar-refractivity contribution in [1.82, 2.24) is 8.87 Å². The molecule has 182 valence electrons. The number of hydrogen-bond acceptors (Lipinski definition) is 5. The van der Waals surface area contributed by atoms with Crippen LogP contribution in [0.2, 0.25) is 10.0 Å². The fraction of sp³-hybridized carbons (Fsp3) is 0.0769. The second-order valence-corrected chi connectivity index (χ2v) is 11.9. The van der Waals surface area contributed by atoms with Gasteiger partial charge in [-0.15, -0.1) is 0 Å². The van der Waals surface area contributed by atoms with Gasteiger partial charge in [0.15, 0.2) is 0 Å². The van der Waals surface area contributed by atoms with Crippen LogP contribution in [0, 0.1) is 6.92 Å². The van der Waals surface area contributed by atoms with Crippen molar-refractivity contribution in [3.8, 4) is 0 Å². The number of aromatic nitrogens is 1. The molecule has 3 aromatic carbocycles. The monoisotopic (exact) mass is 556 g/mol. The zero-order chi connectivity index (χ0) is 25.6. The van der Waals surface area contributed by atoms with Crippen LogP contribution in [0.4, 0.5) is 4.79 Å². The van der Waals surface area contributed by atoms with E-state index in [4.69, 9.17) is 23.2 Å². The van der Waals surface area contributed by atoms with Crippen molar-refractivity contribution in [1.29, 1.82) is 0 Å². The molecule has 4 aromatic rings. The number of para-hydroxylation sites is 1. The zero-order valence-corrected chi connectivity index (χ0v) is 22.0. The standard InChI is InChI=1S/C26H18Cl2N2O4S2/c1-16-6-10-20(11-7-16)36(33,34)30-15-18(21-4-2-3-5-23(21)30)12-24-25(31)29(26(32)35-24)14-17-8-9-19(27)13-22(17)28/h2-13,15H,14H2,1H3/b24-12-. The minimum atomic E-state index is -3.89. The van der Waals surface area contributed by atoms with E-state index < -0.39 is 21.2 Å². The fourth-order valence-electron chi connectivity index (χ4n) is 3.91. The fourth-order valence-corrected chi connectivity index (χ4v) is 6.59. The first-order valence-electron chi connectivity index (χ1n) is 10.8. The van der Waals surface area contributed by atoms with Crippen LogP contribution in [0.1, 0.15) is 16.7 Å². The van der Waals surface area contributed by atoms with Crippen molar-refractivity contribution >= 4 is 73.1 Å². The van der Waals surface area contributed by atoms with Crippen LogP contribution in [0.25, 0.3) is 17.0 Å². The highest BCUT2D eigenvalue weighted by molar-refractivity contribution is 8.18. The Bertz CT molecular complexity index is 1680. The van der Waals surface area contributed by atoms with E-state index in [1.165, 1.54) is 10.2 Å². The van der Waals surface area contributed by atoms with Crippen LogP contribution in [-0.2, 0) is 21.4 Å². The third-order valence-corrected chi connectivity index (χ3v) is 8.97. The topological polar surface area (TPSA) is 76.5 Å². The molecule has 1 aromatic heterocycles. The third-order valence-electron chi connectivity index (χ3n) is 5.79. The highest BCUT2D eigenvalue weighted by atomic mass is 35.5. The minimum Gasteiger partial charge on any atom is -0.268 e. The Morgan fingerprint density at radius 2 is 1.69 bits per heavy atom. The molecule has 0 atom stereocenters. The molecule has 0 bridgehead atoms. The number of carbonyl (C=O) groups excluding carboxylic acids is 2. The summed E-state index contributed by atoms with van der Waals surface area (Å²) in [5.74, 6) is -0.478. The number of halogens is 2.